The Morgan fingerprint density at radius 2 is 1.90 bits per heavy atom. The number of benzene rings is 1. The summed E-state index contributed by atoms with van der Waals surface area (Å²) in [6.07, 6.45) is 0.197. The minimum Gasteiger partial charge on any atom is -0.478 e. The molecule has 1 aromatic rings. The molecular weight excluding hydrogens is 278 g/mol. The molecule has 1 unspecified atom stereocenters. The molecule has 1 saturated heterocycles. The van der Waals surface area contributed by atoms with Crippen LogP contribution in [0.1, 0.15) is 30.6 Å². The van der Waals surface area contributed by atoms with Gasteiger partial charge in [-0.2, -0.15) is 0 Å². The normalized spacial score (nSPS) is 18.9. The fourth-order valence-electron chi connectivity index (χ4n) is 2.10. The van der Waals surface area contributed by atoms with Gasteiger partial charge in [-0.15, -0.1) is 11.8 Å². The van der Waals surface area contributed by atoms with Gasteiger partial charge in [-0.05, 0) is 38.1 Å². The van der Waals surface area contributed by atoms with Gasteiger partial charge >= 0.3 is 5.97 Å². The molecule has 2 rings (SSSR count). The number of imide groups is 1. The van der Waals surface area contributed by atoms with E-state index < -0.39 is 11.2 Å². The Hall–Kier alpha value is -1.82. The topological polar surface area (TPSA) is 74.7 Å². The quantitative estimate of drug-likeness (QED) is 0.860. The van der Waals surface area contributed by atoms with Crippen molar-refractivity contribution >= 4 is 29.5 Å². The molecule has 1 aliphatic heterocycles. The number of thioether (sulfide) groups is 1. The molecule has 0 bridgehead atoms. The number of hydrogen-bond acceptors (Lipinski definition) is 4. The fraction of sp³-hybridized carbons (Fsp3) is 0.357. The summed E-state index contributed by atoms with van der Waals surface area (Å²) in [4.78, 5) is 36.7. The molecule has 0 aliphatic carbocycles. The molecule has 20 heavy (non-hydrogen) atoms. The summed E-state index contributed by atoms with van der Waals surface area (Å²) in [5.41, 5.74) is 0.201. The second-order valence-electron chi connectivity index (χ2n) is 4.84. The van der Waals surface area contributed by atoms with Crippen molar-refractivity contribution in [2.24, 2.45) is 0 Å². The van der Waals surface area contributed by atoms with E-state index in [2.05, 4.69) is 0 Å². The number of rotatable bonds is 4. The third kappa shape index (κ3) is 2.85. The zero-order chi connectivity index (χ0) is 14.9. The zero-order valence-corrected chi connectivity index (χ0v) is 12.0. The van der Waals surface area contributed by atoms with E-state index in [1.165, 1.54) is 28.8 Å². The number of likely N-dealkylation sites (tertiary alicyclic amines) is 1. The van der Waals surface area contributed by atoms with Crippen molar-refractivity contribution < 1.29 is 19.5 Å². The summed E-state index contributed by atoms with van der Waals surface area (Å²) < 4.78 is 0. The minimum atomic E-state index is -0.986. The van der Waals surface area contributed by atoms with Crippen LogP contribution >= 0.6 is 11.8 Å². The lowest BCUT2D eigenvalue weighted by Gasteiger charge is -2.18. The Morgan fingerprint density at radius 3 is 2.35 bits per heavy atom. The van der Waals surface area contributed by atoms with E-state index in [1.807, 2.05) is 13.8 Å². The van der Waals surface area contributed by atoms with Crippen molar-refractivity contribution in [3.63, 3.8) is 0 Å². The molecule has 1 N–H and O–H groups in total. The molecule has 1 atom stereocenters. The molecule has 1 fully saturated rings. The molecular formula is C14H15NO4S. The molecule has 1 aromatic carbocycles. The van der Waals surface area contributed by atoms with Gasteiger partial charge in [0.15, 0.2) is 0 Å². The Bertz CT molecular complexity index is 553. The zero-order valence-electron chi connectivity index (χ0n) is 11.2. The summed E-state index contributed by atoms with van der Waals surface area (Å²) in [6, 6.07) is 6.17. The number of amides is 2. The van der Waals surface area contributed by atoms with Crippen LogP contribution in [0.5, 0.6) is 0 Å². The molecule has 106 valence electrons. The van der Waals surface area contributed by atoms with E-state index in [0.29, 0.717) is 0 Å². The smallest absolute Gasteiger partial charge is 0.335 e. The van der Waals surface area contributed by atoms with Crippen molar-refractivity contribution in [2.75, 3.05) is 0 Å². The summed E-state index contributed by atoms with van der Waals surface area (Å²) in [5, 5.41) is 8.40. The van der Waals surface area contributed by atoms with Crippen LogP contribution in [-0.4, -0.2) is 39.1 Å². The summed E-state index contributed by atoms with van der Waals surface area (Å²) >= 11 is 1.30. The van der Waals surface area contributed by atoms with Crippen LogP contribution in [0.25, 0.3) is 0 Å². The van der Waals surface area contributed by atoms with Crippen LogP contribution in [0, 0.1) is 0 Å². The van der Waals surface area contributed by atoms with E-state index in [4.69, 9.17) is 5.11 Å². The van der Waals surface area contributed by atoms with Crippen LogP contribution in [0.3, 0.4) is 0 Å². The number of carbonyl (C=O) groups is 3. The maximum Gasteiger partial charge on any atom is 0.335 e. The number of aromatic carboxylic acids is 1. The third-order valence-electron chi connectivity index (χ3n) is 3.04. The van der Waals surface area contributed by atoms with Gasteiger partial charge in [0.25, 0.3) is 0 Å². The van der Waals surface area contributed by atoms with Crippen LogP contribution in [0.4, 0.5) is 0 Å². The second kappa shape index (κ2) is 5.66. The number of carboxylic acids is 1. The van der Waals surface area contributed by atoms with E-state index in [-0.39, 0.29) is 29.8 Å². The minimum absolute atomic E-state index is 0.130. The third-order valence-corrected chi connectivity index (χ3v) is 4.23. The molecule has 6 heteroatoms. The van der Waals surface area contributed by atoms with E-state index in [1.54, 1.807) is 12.1 Å². The van der Waals surface area contributed by atoms with Crippen LogP contribution in [0.15, 0.2) is 29.2 Å². The first-order chi connectivity index (χ1) is 9.40. The first-order valence-electron chi connectivity index (χ1n) is 6.26. The van der Waals surface area contributed by atoms with Gasteiger partial charge in [-0.25, -0.2) is 4.79 Å². The largest absolute Gasteiger partial charge is 0.478 e. The van der Waals surface area contributed by atoms with Crippen molar-refractivity contribution in [3.05, 3.63) is 29.8 Å². The van der Waals surface area contributed by atoms with Gasteiger partial charge in [0.2, 0.25) is 11.8 Å². The van der Waals surface area contributed by atoms with Gasteiger partial charge < -0.3 is 5.11 Å². The van der Waals surface area contributed by atoms with Gasteiger partial charge in [0, 0.05) is 17.4 Å². The average Bonchev–Trinajstić information content (AvgIpc) is 2.65. The fourth-order valence-corrected chi connectivity index (χ4v) is 3.16. The average molecular weight is 293 g/mol. The molecule has 1 aliphatic rings. The maximum atomic E-state index is 12.1. The van der Waals surface area contributed by atoms with Crippen LogP contribution in [-0.2, 0) is 9.59 Å². The van der Waals surface area contributed by atoms with E-state index in [0.717, 1.165) is 4.90 Å². The Balaban J connectivity index is 2.09. The van der Waals surface area contributed by atoms with Gasteiger partial charge in [-0.1, -0.05) is 0 Å². The highest BCUT2D eigenvalue weighted by molar-refractivity contribution is 8.00. The predicted molar refractivity (Wildman–Crippen MR) is 74.7 cm³/mol. The number of nitrogens with zero attached hydrogens (tertiary/aromatic N) is 1. The highest BCUT2D eigenvalue weighted by atomic mass is 32.2. The molecule has 0 spiro atoms. The Morgan fingerprint density at radius 1 is 1.30 bits per heavy atom. The SMILES string of the molecule is CC(C)N1C(=O)CC(Sc2ccc(C(=O)O)cc2)C1=O. The highest BCUT2D eigenvalue weighted by Crippen LogP contribution is 2.32. The summed E-state index contributed by atoms with van der Waals surface area (Å²) in [5.74, 6) is -1.30. The van der Waals surface area contributed by atoms with Gasteiger partial charge in [-0.3, -0.25) is 14.5 Å². The summed E-state index contributed by atoms with van der Waals surface area (Å²) in [6.45, 7) is 3.62. The lowest BCUT2D eigenvalue weighted by Crippen LogP contribution is -2.37. The van der Waals surface area contributed by atoms with E-state index in [9.17, 15) is 14.4 Å². The molecule has 0 radical (unpaired) electrons. The maximum absolute atomic E-state index is 12.1. The predicted octanol–water partition coefficient (Wildman–Crippen LogP) is 2.01. The van der Waals surface area contributed by atoms with Crippen LogP contribution in [0.2, 0.25) is 0 Å². The summed E-state index contributed by atoms with van der Waals surface area (Å²) in [7, 11) is 0. The van der Waals surface area contributed by atoms with Crippen molar-refractivity contribution in [1.82, 2.24) is 4.90 Å². The second-order valence-corrected chi connectivity index (χ2v) is 6.11. The lowest BCUT2D eigenvalue weighted by molar-refractivity contribution is -0.140. The Kier molecular flexibility index (Phi) is 4.13. The molecule has 0 aromatic heterocycles. The number of carboxylic acid groups (broad SMARTS) is 1. The van der Waals surface area contributed by atoms with Gasteiger partial charge in [0.1, 0.15) is 0 Å². The highest BCUT2D eigenvalue weighted by Gasteiger charge is 2.40. The number of carbonyl (C=O) groups excluding carboxylic acids is 2. The molecule has 1 heterocycles. The first-order valence-corrected chi connectivity index (χ1v) is 7.14. The lowest BCUT2D eigenvalue weighted by atomic mass is 10.2. The standard InChI is InChI=1S/C14H15NO4S/c1-8(2)15-12(16)7-11(13(15)17)20-10-5-3-9(4-6-10)14(18)19/h3-6,8,11H,7H2,1-2H3,(H,18,19). The van der Waals surface area contributed by atoms with Gasteiger partial charge in [0.05, 0.1) is 10.8 Å². The molecule has 2 amide bonds. The van der Waals surface area contributed by atoms with Crippen LogP contribution < -0.4 is 0 Å². The number of hydrogen-bond donors (Lipinski definition) is 1. The Labute approximate surface area is 121 Å². The van der Waals surface area contributed by atoms with Crippen molar-refractivity contribution in [2.45, 2.75) is 36.5 Å². The van der Waals surface area contributed by atoms with E-state index >= 15 is 0 Å². The van der Waals surface area contributed by atoms with Crippen molar-refractivity contribution in [3.8, 4) is 0 Å². The molecule has 0 saturated carbocycles. The van der Waals surface area contributed by atoms with Crippen molar-refractivity contribution in [1.29, 1.82) is 0 Å². The molecule has 5 nitrogen and oxygen atoms in total. The first kappa shape index (κ1) is 14.6. The monoisotopic (exact) mass is 293 g/mol.